The van der Waals surface area contributed by atoms with Gasteiger partial charge in [0.1, 0.15) is 5.76 Å². The van der Waals surface area contributed by atoms with Gasteiger partial charge < -0.3 is 9.47 Å². The van der Waals surface area contributed by atoms with Gasteiger partial charge in [-0.3, -0.25) is 9.59 Å². The van der Waals surface area contributed by atoms with Crippen LogP contribution in [0.2, 0.25) is 0 Å². The highest BCUT2D eigenvalue weighted by Gasteiger charge is 2.55. The summed E-state index contributed by atoms with van der Waals surface area (Å²) in [5.41, 5.74) is -0.687. The molecule has 4 nitrogen and oxygen atoms in total. The fourth-order valence-corrected chi connectivity index (χ4v) is 3.39. The number of allylic oxidation sites excluding steroid dienone is 2. The SMILES string of the molecule is CC(C)COC(=O)C12CCCC1C(=O)C=C(OCC(C)C)C2. The number of hydrogen-bond donors (Lipinski definition) is 0. The first-order valence-electron chi connectivity index (χ1n) is 8.39. The fraction of sp³-hybridized carbons (Fsp3) is 0.778. The topological polar surface area (TPSA) is 52.6 Å². The number of hydrogen-bond acceptors (Lipinski definition) is 4. The summed E-state index contributed by atoms with van der Waals surface area (Å²) >= 11 is 0. The summed E-state index contributed by atoms with van der Waals surface area (Å²) in [6.07, 6.45) is 4.52. The molecule has 4 heteroatoms. The van der Waals surface area contributed by atoms with Crippen LogP contribution in [0.5, 0.6) is 0 Å². The quantitative estimate of drug-likeness (QED) is 0.705. The summed E-state index contributed by atoms with van der Waals surface area (Å²) in [6.45, 7) is 9.14. The number of ketones is 1. The van der Waals surface area contributed by atoms with E-state index in [2.05, 4.69) is 13.8 Å². The highest BCUT2D eigenvalue weighted by Crippen LogP contribution is 2.51. The van der Waals surface area contributed by atoms with Crippen LogP contribution < -0.4 is 0 Å². The van der Waals surface area contributed by atoms with E-state index < -0.39 is 5.41 Å². The third kappa shape index (κ3) is 3.53. The second-order valence-electron chi connectivity index (χ2n) is 7.49. The van der Waals surface area contributed by atoms with E-state index in [1.807, 2.05) is 13.8 Å². The van der Waals surface area contributed by atoms with E-state index in [1.165, 1.54) is 0 Å². The first-order valence-corrected chi connectivity index (χ1v) is 8.39. The molecule has 0 N–H and O–H groups in total. The van der Waals surface area contributed by atoms with Gasteiger partial charge in [0, 0.05) is 18.4 Å². The predicted octanol–water partition coefficient (Wildman–Crippen LogP) is 3.50. The maximum Gasteiger partial charge on any atom is 0.313 e. The number of ether oxygens (including phenoxy) is 2. The van der Waals surface area contributed by atoms with Crippen molar-refractivity contribution in [1.29, 1.82) is 0 Å². The minimum absolute atomic E-state index is 0.0315. The molecule has 0 aromatic rings. The fourth-order valence-electron chi connectivity index (χ4n) is 3.39. The van der Waals surface area contributed by atoms with Crippen molar-refractivity contribution < 1.29 is 19.1 Å². The van der Waals surface area contributed by atoms with Crippen LogP contribution in [0.15, 0.2) is 11.8 Å². The summed E-state index contributed by atoms with van der Waals surface area (Å²) in [7, 11) is 0. The Balaban J connectivity index is 2.15. The monoisotopic (exact) mass is 308 g/mol. The first-order chi connectivity index (χ1) is 10.3. The van der Waals surface area contributed by atoms with Gasteiger partial charge in [0.2, 0.25) is 0 Å². The molecule has 0 aromatic heterocycles. The van der Waals surface area contributed by atoms with E-state index in [9.17, 15) is 9.59 Å². The minimum atomic E-state index is -0.687. The highest BCUT2D eigenvalue weighted by atomic mass is 16.5. The standard InChI is InChI=1S/C18H28O4/c1-12(2)10-21-14-8-16(19)15-6-5-7-18(15,9-14)17(20)22-11-13(3)4/h8,12-13,15H,5-7,9-11H2,1-4H3. The van der Waals surface area contributed by atoms with Gasteiger partial charge in [-0.25, -0.2) is 0 Å². The molecular weight excluding hydrogens is 280 g/mol. The van der Waals surface area contributed by atoms with Crippen molar-refractivity contribution in [3.8, 4) is 0 Å². The van der Waals surface area contributed by atoms with Crippen LogP contribution in [0.3, 0.4) is 0 Å². The average Bonchev–Trinajstić information content (AvgIpc) is 2.88. The zero-order chi connectivity index (χ0) is 16.3. The van der Waals surface area contributed by atoms with E-state index in [0.717, 1.165) is 19.3 Å². The van der Waals surface area contributed by atoms with Crippen LogP contribution in [0.4, 0.5) is 0 Å². The molecule has 22 heavy (non-hydrogen) atoms. The molecule has 2 unspecified atom stereocenters. The summed E-state index contributed by atoms with van der Waals surface area (Å²) in [6, 6.07) is 0. The van der Waals surface area contributed by atoms with Crippen molar-refractivity contribution in [1.82, 2.24) is 0 Å². The minimum Gasteiger partial charge on any atom is -0.498 e. The Labute approximate surface area is 133 Å². The molecule has 2 aliphatic carbocycles. The van der Waals surface area contributed by atoms with Crippen molar-refractivity contribution >= 4 is 11.8 Å². The Morgan fingerprint density at radius 3 is 2.59 bits per heavy atom. The predicted molar refractivity (Wildman–Crippen MR) is 84.1 cm³/mol. The second kappa shape index (κ2) is 6.84. The van der Waals surface area contributed by atoms with E-state index in [0.29, 0.717) is 37.2 Å². The Bertz CT molecular complexity index is 464. The van der Waals surface area contributed by atoms with Gasteiger partial charge in [0.25, 0.3) is 0 Å². The summed E-state index contributed by atoms with van der Waals surface area (Å²) in [5, 5.41) is 0. The van der Waals surface area contributed by atoms with E-state index in [1.54, 1.807) is 6.08 Å². The van der Waals surface area contributed by atoms with Crippen molar-refractivity contribution in [3.05, 3.63) is 11.8 Å². The molecule has 0 radical (unpaired) electrons. The maximum atomic E-state index is 12.7. The van der Waals surface area contributed by atoms with Gasteiger partial charge in [-0.15, -0.1) is 0 Å². The van der Waals surface area contributed by atoms with Crippen molar-refractivity contribution in [2.24, 2.45) is 23.2 Å². The van der Waals surface area contributed by atoms with Crippen molar-refractivity contribution in [2.45, 2.75) is 53.4 Å². The molecular formula is C18H28O4. The maximum absolute atomic E-state index is 12.7. The van der Waals surface area contributed by atoms with E-state index in [4.69, 9.17) is 9.47 Å². The molecule has 1 fully saturated rings. The largest absolute Gasteiger partial charge is 0.498 e. The molecule has 0 bridgehead atoms. The normalized spacial score (nSPS) is 27.8. The van der Waals surface area contributed by atoms with Crippen LogP contribution in [0, 0.1) is 23.2 Å². The average molecular weight is 308 g/mol. The molecule has 0 amide bonds. The Morgan fingerprint density at radius 1 is 1.27 bits per heavy atom. The summed E-state index contributed by atoms with van der Waals surface area (Å²) in [4.78, 5) is 25.1. The van der Waals surface area contributed by atoms with E-state index in [-0.39, 0.29) is 17.7 Å². The lowest BCUT2D eigenvalue weighted by molar-refractivity contribution is -0.162. The van der Waals surface area contributed by atoms with Gasteiger partial charge in [0.05, 0.1) is 18.6 Å². The zero-order valence-electron chi connectivity index (χ0n) is 14.2. The molecule has 2 aliphatic rings. The van der Waals surface area contributed by atoms with Gasteiger partial charge in [-0.2, -0.15) is 0 Å². The third-order valence-corrected chi connectivity index (χ3v) is 4.48. The Morgan fingerprint density at radius 2 is 1.95 bits per heavy atom. The van der Waals surface area contributed by atoms with Gasteiger partial charge in [-0.05, 0) is 24.7 Å². The van der Waals surface area contributed by atoms with E-state index >= 15 is 0 Å². The number of rotatable bonds is 6. The summed E-state index contributed by atoms with van der Waals surface area (Å²) < 4.78 is 11.3. The lowest BCUT2D eigenvalue weighted by Crippen LogP contribution is -2.43. The Hall–Kier alpha value is -1.32. The molecule has 0 aliphatic heterocycles. The van der Waals surface area contributed by atoms with Crippen LogP contribution in [0.25, 0.3) is 0 Å². The van der Waals surface area contributed by atoms with Crippen LogP contribution in [-0.2, 0) is 19.1 Å². The Kier molecular flexibility index (Phi) is 5.30. The number of fused-ring (bicyclic) bond motifs is 1. The third-order valence-electron chi connectivity index (χ3n) is 4.48. The molecule has 1 saturated carbocycles. The molecule has 0 aromatic carbocycles. The molecule has 2 atom stereocenters. The number of carbonyl (C=O) groups excluding carboxylic acids is 2. The van der Waals surface area contributed by atoms with Crippen LogP contribution >= 0.6 is 0 Å². The summed E-state index contributed by atoms with van der Waals surface area (Å²) in [5.74, 6) is 0.935. The molecule has 0 saturated heterocycles. The smallest absolute Gasteiger partial charge is 0.313 e. The van der Waals surface area contributed by atoms with Crippen molar-refractivity contribution in [2.75, 3.05) is 13.2 Å². The van der Waals surface area contributed by atoms with Crippen LogP contribution in [-0.4, -0.2) is 25.0 Å². The molecule has 0 spiro atoms. The molecule has 2 rings (SSSR count). The van der Waals surface area contributed by atoms with Gasteiger partial charge >= 0.3 is 5.97 Å². The zero-order valence-corrected chi connectivity index (χ0v) is 14.2. The van der Waals surface area contributed by atoms with Gasteiger partial charge in [0.15, 0.2) is 5.78 Å². The lowest BCUT2D eigenvalue weighted by Gasteiger charge is -2.36. The molecule has 124 valence electrons. The van der Waals surface area contributed by atoms with Crippen LogP contribution in [0.1, 0.15) is 53.4 Å². The molecule has 0 heterocycles. The lowest BCUT2D eigenvalue weighted by atomic mass is 9.69. The first kappa shape index (κ1) is 17.0. The second-order valence-corrected chi connectivity index (χ2v) is 7.49. The van der Waals surface area contributed by atoms with Crippen molar-refractivity contribution in [3.63, 3.8) is 0 Å². The number of esters is 1. The number of carbonyl (C=O) groups is 2. The van der Waals surface area contributed by atoms with Gasteiger partial charge in [-0.1, -0.05) is 34.1 Å². The highest BCUT2D eigenvalue weighted by molar-refractivity contribution is 5.98.